The number of carbonyl (C=O) groups excluding carboxylic acids is 2. The number of nitrogens with one attached hydrogen (secondary N) is 4. The number of benzene rings is 1. The number of anilines is 3. The Morgan fingerprint density at radius 3 is 2.82 bits per heavy atom. The summed E-state index contributed by atoms with van der Waals surface area (Å²) in [5, 5.41) is 8.98. The van der Waals surface area contributed by atoms with Crippen LogP contribution in [-0.4, -0.2) is 71.1 Å². The van der Waals surface area contributed by atoms with Crippen molar-refractivity contribution in [3.8, 4) is 17.1 Å². The second-order valence-corrected chi connectivity index (χ2v) is 9.96. The Labute approximate surface area is 226 Å². The molecule has 2 aliphatic rings. The topological polar surface area (TPSA) is 124 Å². The fourth-order valence-electron chi connectivity index (χ4n) is 5.23. The number of para-hydroxylation sites is 1. The van der Waals surface area contributed by atoms with Gasteiger partial charge in [-0.25, -0.2) is 9.97 Å². The van der Waals surface area contributed by atoms with Gasteiger partial charge in [-0.2, -0.15) is 13.2 Å². The highest BCUT2D eigenvalue weighted by atomic mass is 35.5. The molecule has 1 atom stereocenters. The Balaban J connectivity index is 1.66. The molecule has 4 heterocycles. The minimum atomic E-state index is -4.34. The number of carbonyl (C=O) groups is 2. The molecule has 2 amide bonds. The van der Waals surface area contributed by atoms with E-state index in [1.165, 1.54) is 25.1 Å². The van der Waals surface area contributed by atoms with Gasteiger partial charge in [0.1, 0.15) is 0 Å². The number of aromatic nitrogens is 3. The van der Waals surface area contributed by atoms with Crippen molar-refractivity contribution in [1.29, 1.82) is 0 Å². The van der Waals surface area contributed by atoms with Crippen LogP contribution in [0.3, 0.4) is 0 Å². The Hall–Kier alpha value is -3.84. The summed E-state index contributed by atoms with van der Waals surface area (Å²) in [5.74, 6) is -0.374. The van der Waals surface area contributed by atoms with Gasteiger partial charge in [-0.15, -0.1) is 0 Å². The Kier molecular flexibility index (Phi) is 6.89. The van der Waals surface area contributed by atoms with Crippen LogP contribution in [0.4, 0.5) is 30.5 Å². The number of hydrogen-bond acceptors (Lipinski definition) is 7. The first-order chi connectivity index (χ1) is 18.5. The number of nitrogens with zero attached hydrogens (tertiary/aromatic N) is 3. The Morgan fingerprint density at radius 1 is 1.31 bits per heavy atom. The molecule has 206 valence electrons. The maximum Gasteiger partial charge on any atom is 0.401 e. The average molecular weight is 564 g/mol. The van der Waals surface area contributed by atoms with E-state index in [1.807, 2.05) is 0 Å². The molecule has 1 saturated heterocycles. The van der Waals surface area contributed by atoms with Gasteiger partial charge in [0, 0.05) is 37.3 Å². The summed E-state index contributed by atoms with van der Waals surface area (Å²) in [4.78, 5) is 38.1. The van der Waals surface area contributed by atoms with Crippen molar-refractivity contribution in [2.24, 2.45) is 0 Å². The summed E-state index contributed by atoms with van der Waals surface area (Å²) in [5.41, 5.74) is 1.52. The molecule has 0 bridgehead atoms. The van der Waals surface area contributed by atoms with Crippen LogP contribution >= 0.6 is 11.6 Å². The zero-order valence-corrected chi connectivity index (χ0v) is 21.8. The highest BCUT2D eigenvalue weighted by Crippen LogP contribution is 2.46. The van der Waals surface area contributed by atoms with Crippen molar-refractivity contribution in [3.05, 3.63) is 46.7 Å². The monoisotopic (exact) mass is 563 g/mol. The van der Waals surface area contributed by atoms with E-state index >= 15 is 0 Å². The van der Waals surface area contributed by atoms with Gasteiger partial charge in [0.05, 0.1) is 47.0 Å². The maximum absolute atomic E-state index is 13.3. The van der Waals surface area contributed by atoms with Crippen LogP contribution < -0.4 is 20.7 Å². The molecule has 1 aromatic carbocycles. The van der Waals surface area contributed by atoms with Crippen molar-refractivity contribution in [3.63, 3.8) is 0 Å². The fraction of sp³-hybridized carbons (Fsp3) is 0.360. The maximum atomic E-state index is 13.3. The zero-order valence-electron chi connectivity index (χ0n) is 21.0. The van der Waals surface area contributed by atoms with Crippen LogP contribution in [-0.2, 0) is 10.2 Å². The predicted molar refractivity (Wildman–Crippen MR) is 139 cm³/mol. The number of alkyl halides is 3. The molecule has 0 radical (unpaired) electrons. The number of likely N-dealkylation sites (tertiary alicyclic amines) is 1. The minimum Gasteiger partial charge on any atom is -0.493 e. The number of methoxy groups -OCH3 is 1. The molecular formula is C25H25ClF3N7O3. The third-order valence-electron chi connectivity index (χ3n) is 6.81. The van der Waals surface area contributed by atoms with Crippen molar-refractivity contribution in [2.75, 3.05) is 43.9 Å². The van der Waals surface area contributed by atoms with Crippen molar-refractivity contribution in [1.82, 2.24) is 25.2 Å². The summed E-state index contributed by atoms with van der Waals surface area (Å²) in [6.07, 6.45) is -2.49. The van der Waals surface area contributed by atoms with Crippen LogP contribution in [0.1, 0.15) is 29.4 Å². The highest BCUT2D eigenvalue weighted by Gasteiger charge is 2.49. The molecule has 1 spiro atoms. The molecule has 1 fully saturated rings. The molecule has 14 heteroatoms. The van der Waals surface area contributed by atoms with E-state index in [0.717, 1.165) is 0 Å². The van der Waals surface area contributed by atoms with Gasteiger partial charge in [-0.3, -0.25) is 19.8 Å². The average Bonchev–Trinajstić information content (AvgIpc) is 3.43. The van der Waals surface area contributed by atoms with Gasteiger partial charge in [-0.1, -0.05) is 17.7 Å². The first kappa shape index (κ1) is 26.8. The number of amides is 2. The van der Waals surface area contributed by atoms with Gasteiger partial charge >= 0.3 is 6.18 Å². The van der Waals surface area contributed by atoms with Crippen LogP contribution in [0, 0.1) is 0 Å². The molecule has 10 nitrogen and oxygen atoms in total. The number of halogens is 4. The predicted octanol–water partition coefficient (Wildman–Crippen LogP) is 4.08. The lowest BCUT2D eigenvalue weighted by Crippen LogP contribution is -2.49. The van der Waals surface area contributed by atoms with E-state index in [0.29, 0.717) is 45.6 Å². The van der Waals surface area contributed by atoms with Crippen LogP contribution in [0.2, 0.25) is 5.02 Å². The highest BCUT2D eigenvalue weighted by molar-refractivity contribution is 6.32. The quantitative estimate of drug-likeness (QED) is 0.356. The number of rotatable bonds is 6. The summed E-state index contributed by atoms with van der Waals surface area (Å²) in [6, 6.07) is 6.67. The van der Waals surface area contributed by atoms with Crippen molar-refractivity contribution in [2.45, 2.75) is 24.9 Å². The second kappa shape index (κ2) is 10.0. The van der Waals surface area contributed by atoms with Crippen LogP contribution in [0.25, 0.3) is 11.4 Å². The molecule has 0 aliphatic carbocycles. The smallest absolute Gasteiger partial charge is 0.401 e. The van der Waals surface area contributed by atoms with Gasteiger partial charge in [0.2, 0.25) is 11.9 Å². The molecule has 39 heavy (non-hydrogen) atoms. The van der Waals surface area contributed by atoms with Gasteiger partial charge in [0.25, 0.3) is 5.91 Å². The summed E-state index contributed by atoms with van der Waals surface area (Å²) < 4.78 is 45.0. The summed E-state index contributed by atoms with van der Waals surface area (Å²) in [6.45, 7) is 0.772. The SMILES string of the molecule is COc1c(Cl)cccc1Nc1c(-c2ccnc(NC(C)=O)n2)[nH]c2c1C(=O)NC[C@]21CCN(CC(F)(F)F)C1. The van der Waals surface area contributed by atoms with Crippen molar-refractivity contribution >= 4 is 40.7 Å². The second-order valence-electron chi connectivity index (χ2n) is 9.56. The lowest BCUT2D eigenvalue weighted by atomic mass is 9.79. The van der Waals surface area contributed by atoms with Gasteiger partial charge in [0.15, 0.2) is 5.75 Å². The van der Waals surface area contributed by atoms with Gasteiger partial charge in [-0.05, 0) is 31.2 Å². The zero-order chi connectivity index (χ0) is 27.9. The first-order valence-electron chi connectivity index (χ1n) is 12.0. The first-order valence-corrected chi connectivity index (χ1v) is 12.4. The lowest BCUT2D eigenvalue weighted by Gasteiger charge is -2.34. The molecule has 5 rings (SSSR count). The van der Waals surface area contributed by atoms with E-state index < -0.39 is 24.0 Å². The number of hydrogen-bond donors (Lipinski definition) is 4. The molecule has 0 saturated carbocycles. The standard InChI is InChI=1S/C25H25ClF3N7O3/c1-13(37)32-23-30-8-6-15(34-23)18-19(33-16-5-3-4-14(26)20(16)39-2)17-21(35-18)24(10-31-22(17)38)7-9-36(11-24)12-25(27,28)29/h3-6,8,33,35H,7,9-12H2,1-2H3,(H,31,38)(H,30,32,34,37)/t24-/m0/s1. The largest absolute Gasteiger partial charge is 0.493 e. The van der Waals surface area contributed by atoms with Crippen molar-refractivity contribution < 1.29 is 27.5 Å². The number of H-pyrrole nitrogens is 1. The molecule has 2 aliphatic heterocycles. The molecule has 2 aromatic heterocycles. The summed E-state index contributed by atoms with van der Waals surface area (Å²) >= 11 is 6.32. The number of ether oxygens (including phenoxy) is 1. The third kappa shape index (κ3) is 5.23. The van der Waals surface area contributed by atoms with E-state index in [1.54, 1.807) is 24.3 Å². The lowest BCUT2D eigenvalue weighted by molar-refractivity contribution is -0.144. The number of fused-ring (bicyclic) bond motifs is 2. The fourth-order valence-corrected chi connectivity index (χ4v) is 5.48. The van der Waals surface area contributed by atoms with Crippen LogP contribution in [0.15, 0.2) is 30.5 Å². The third-order valence-corrected chi connectivity index (χ3v) is 7.11. The van der Waals surface area contributed by atoms with Gasteiger partial charge < -0.3 is 20.4 Å². The molecular weight excluding hydrogens is 539 g/mol. The molecule has 4 N–H and O–H groups in total. The number of aromatic amines is 1. The molecule has 3 aromatic rings. The van der Waals surface area contributed by atoms with E-state index in [9.17, 15) is 22.8 Å². The van der Waals surface area contributed by atoms with Crippen LogP contribution in [0.5, 0.6) is 5.75 Å². The Bertz CT molecular complexity index is 1440. The van der Waals surface area contributed by atoms with E-state index in [4.69, 9.17) is 16.3 Å². The Morgan fingerprint density at radius 2 is 2.10 bits per heavy atom. The van der Waals surface area contributed by atoms with E-state index in [-0.39, 0.29) is 37.1 Å². The normalized spacial score (nSPS) is 19.1. The van der Waals surface area contributed by atoms with E-state index in [2.05, 4.69) is 30.9 Å². The molecule has 0 unspecified atom stereocenters. The minimum absolute atomic E-state index is 0.0511. The summed E-state index contributed by atoms with van der Waals surface area (Å²) in [7, 11) is 1.46.